The van der Waals surface area contributed by atoms with Gasteiger partial charge in [-0.05, 0) is 19.4 Å². The van der Waals surface area contributed by atoms with Crippen LogP contribution in [0.5, 0.6) is 0 Å². The highest BCUT2D eigenvalue weighted by molar-refractivity contribution is 6.43. The maximum absolute atomic E-state index is 11.9. The molecule has 1 heterocycles. The second-order valence-corrected chi connectivity index (χ2v) is 5.12. The van der Waals surface area contributed by atoms with Crippen LogP contribution in [0.4, 0.5) is 0 Å². The van der Waals surface area contributed by atoms with Crippen LogP contribution in [0.1, 0.15) is 24.7 Å². The molecule has 0 spiro atoms. The van der Waals surface area contributed by atoms with Crippen LogP contribution in [0.15, 0.2) is 23.0 Å². The molecule has 0 radical (unpaired) electrons. The molecular formula is C14H14Cl2N2O. The van der Waals surface area contributed by atoms with Gasteiger partial charge in [-0.1, -0.05) is 42.3 Å². The van der Waals surface area contributed by atoms with Gasteiger partial charge in [-0.15, -0.1) is 0 Å². The molecule has 0 saturated heterocycles. The van der Waals surface area contributed by atoms with E-state index in [1.807, 2.05) is 13.0 Å². The Balaban J connectivity index is 2.67. The number of aryl methyl sites for hydroxylation is 1. The maximum atomic E-state index is 11.9. The fraction of sp³-hybridized carbons (Fsp3) is 0.286. The van der Waals surface area contributed by atoms with Crippen molar-refractivity contribution in [2.24, 2.45) is 0 Å². The number of rotatable bonds is 3. The lowest BCUT2D eigenvalue weighted by Gasteiger charge is -2.09. The number of nitrogens with zero attached hydrogens (tertiary/aromatic N) is 1. The van der Waals surface area contributed by atoms with Crippen LogP contribution in [0.25, 0.3) is 11.3 Å². The largest absolute Gasteiger partial charge is 0.310 e. The maximum Gasteiger partial charge on any atom is 0.254 e. The van der Waals surface area contributed by atoms with Gasteiger partial charge >= 0.3 is 0 Å². The third-order valence-corrected chi connectivity index (χ3v) is 3.71. The standard InChI is InChI=1S/C14H14Cl2N2O/c1-3-5-11-17-13(8(2)14(19)18-11)9-6-4-7-10(15)12(9)16/h4,6-7H,3,5H2,1-2H3,(H,17,18,19). The molecule has 3 nitrogen and oxygen atoms in total. The molecule has 0 saturated carbocycles. The van der Waals surface area contributed by atoms with Gasteiger partial charge in [0, 0.05) is 17.5 Å². The van der Waals surface area contributed by atoms with Crippen molar-refractivity contribution in [3.63, 3.8) is 0 Å². The summed E-state index contributed by atoms with van der Waals surface area (Å²) in [6.45, 7) is 3.76. The van der Waals surface area contributed by atoms with E-state index in [2.05, 4.69) is 9.97 Å². The number of aromatic amines is 1. The minimum Gasteiger partial charge on any atom is -0.310 e. The first-order valence-corrected chi connectivity index (χ1v) is 6.84. The second-order valence-electron chi connectivity index (χ2n) is 4.34. The molecule has 1 aromatic carbocycles. The second kappa shape index (κ2) is 5.76. The fourth-order valence-electron chi connectivity index (χ4n) is 1.88. The van der Waals surface area contributed by atoms with Crippen LogP contribution in [0.3, 0.4) is 0 Å². The van der Waals surface area contributed by atoms with E-state index in [4.69, 9.17) is 23.2 Å². The Kier molecular flexibility index (Phi) is 4.27. The summed E-state index contributed by atoms with van der Waals surface area (Å²) >= 11 is 12.2. The molecule has 1 aromatic heterocycles. The third kappa shape index (κ3) is 2.82. The van der Waals surface area contributed by atoms with Gasteiger partial charge in [0.05, 0.1) is 15.7 Å². The van der Waals surface area contributed by atoms with E-state index >= 15 is 0 Å². The minimum absolute atomic E-state index is 0.135. The highest BCUT2D eigenvalue weighted by atomic mass is 35.5. The van der Waals surface area contributed by atoms with Crippen LogP contribution < -0.4 is 5.56 Å². The summed E-state index contributed by atoms with van der Waals surface area (Å²) in [6, 6.07) is 5.33. The predicted molar refractivity (Wildman–Crippen MR) is 79.0 cm³/mol. The Morgan fingerprint density at radius 1 is 1.32 bits per heavy atom. The predicted octanol–water partition coefficient (Wildman–Crippen LogP) is 4.00. The summed E-state index contributed by atoms with van der Waals surface area (Å²) < 4.78 is 0. The van der Waals surface area contributed by atoms with Crippen molar-refractivity contribution in [1.29, 1.82) is 0 Å². The van der Waals surface area contributed by atoms with Gasteiger partial charge in [0.2, 0.25) is 0 Å². The fourth-order valence-corrected chi connectivity index (χ4v) is 2.27. The molecule has 2 rings (SSSR count). The Morgan fingerprint density at radius 2 is 2.05 bits per heavy atom. The van der Waals surface area contributed by atoms with Gasteiger partial charge in [-0.3, -0.25) is 4.79 Å². The summed E-state index contributed by atoms with van der Waals surface area (Å²) in [5.74, 6) is 0.671. The molecule has 0 aliphatic heterocycles. The summed E-state index contributed by atoms with van der Waals surface area (Å²) in [6.07, 6.45) is 1.63. The number of hydrogen-bond acceptors (Lipinski definition) is 2. The molecule has 19 heavy (non-hydrogen) atoms. The molecule has 2 aromatic rings. The topological polar surface area (TPSA) is 45.8 Å². The number of halogens is 2. The molecule has 0 amide bonds. The highest BCUT2D eigenvalue weighted by Gasteiger charge is 2.14. The van der Waals surface area contributed by atoms with E-state index in [1.165, 1.54) is 0 Å². The van der Waals surface area contributed by atoms with E-state index in [0.717, 1.165) is 12.8 Å². The molecule has 0 unspecified atom stereocenters. The quantitative estimate of drug-likeness (QED) is 0.930. The van der Waals surface area contributed by atoms with Crippen molar-refractivity contribution in [2.45, 2.75) is 26.7 Å². The zero-order valence-electron chi connectivity index (χ0n) is 10.8. The molecule has 0 aliphatic carbocycles. The van der Waals surface area contributed by atoms with Crippen LogP contribution in [0.2, 0.25) is 10.0 Å². The van der Waals surface area contributed by atoms with E-state index < -0.39 is 0 Å². The minimum atomic E-state index is -0.135. The molecule has 0 atom stereocenters. The first-order chi connectivity index (χ1) is 9.04. The van der Waals surface area contributed by atoms with Crippen LogP contribution in [-0.2, 0) is 6.42 Å². The SMILES string of the molecule is CCCc1nc(-c2cccc(Cl)c2Cl)c(C)c(=O)[nH]1. The zero-order valence-corrected chi connectivity index (χ0v) is 12.3. The summed E-state index contributed by atoms with van der Waals surface area (Å²) in [7, 11) is 0. The Morgan fingerprint density at radius 3 is 2.74 bits per heavy atom. The van der Waals surface area contributed by atoms with Crippen molar-refractivity contribution in [2.75, 3.05) is 0 Å². The summed E-state index contributed by atoms with van der Waals surface area (Å²) in [5.41, 5.74) is 1.70. The van der Waals surface area contributed by atoms with Crippen LogP contribution in [-0.4, -0.2) is 9.97 Å². The lowest BCUT2D eigenvalue weighted by Crippen LogP contribution is -2.16. The van der Waals surface area contributed by atoms with Crippen molar-refractivity contribution in [3.8, 4) is 11.3 Å². The summed E-state index contributed by atoms with van der Waals surface area (Å²) in [4.78, 5) is 19.2. The van der Waals surface area contributed by atoms with E-state index in [1.54, 1.807) is 19.1 Å². The molecule has 100 valence electrons. The zero-order chi connectivity index (χ0) is 14.0. The third-order valence-electron chi connectivity index (χ3n) is 2.89. The van der Waals surface area contributed by atoms with Crippen molar-refractivity contribution < 1.29 is 0 Å². The van der Waals surface area contributed by atoms with Gasteiger partial charge in [0.25, 0.3) is 5.56 Å². The van der Waals surface area contributed by atoms with Gasteiger partial charge < -0.3 is 4.98 Å². The smallest absolute Gasteiger partial charge is 0.254 e. The first-order valence-electron chi connectivity index (χ1n) is 6.08. The van der Waals surface area contributed by atoms with Gasteiger partial charge in [0.1, 0.15) is 5.82 Å². The molecule has 0 bridgehead atoms. The van der Waals surface area contributed by atoms with Gasteiger partial charge in [0.15, 0.2) is 0 Å². The Labute approximate surface area is 121 Å². The summed E-state index contributed by atoms with van der Waals surface area (Å²) in [5, 5.41) is 0.880. The molecular weight excluding hydrogens is 283 g/mol. The van der Waals surface area contributed by atoms with Crippen LogP contribution in [0, 0.1) is 6.92 Å². The first kappa shape index (κ1) is 14.1. The van der Waals surface area contributed by atoms with E-state index in [9.17, 15) is 4.79 Å². The number of H-pyrrole nitrogens is 1. The Bertz CT molecular complexity index is 665. The molecule has 5 heteroatoms. The van der Waals surface area contributed by atoms with Crippen LogP contribution >= 0.6 is 23.2 Å². The average molecular weight is 297 g/mol. The lowest BCUT2D eigenvalue weighted by atomic mass is 10.1. The molecule has 0 fully saturated rings. The van der Waals surface area contributed by atoms with Gasteiger partial charge in [-0.2, -0.15) is 0 Å². The van der Waals surface area contributed by atoms with Crippen molar-refractivity contribution >= 4 is 23.2 Å². The number of benzene rings is 1. The lowest BCUT2D eigenvalue weighted by molar-refractivity contribution is 0.823. The molecule has 1 N–H and O–H groups in total. The normalized spacial score (nSPS) is 10.7. The van der Waals surface area contributed by atoms with E-state index in [0.29, 0.717) is 32.7 Å². The van der Waals surface area contributed by atoms with Crippen molar-refractivity contribution in [3.05, 3.63) is 50.0 Å². The number of aromatic nitrogens is 2. The molecule has 0 aliphatic rings. The van der Waals surface area contributed by atoms with Crippen molar-refractivity contribution in [1.82, 2.24) is 9.97 Å². The number of nitrogens with one attached hydrogen (secondary N) is 1. The number of hydrogen-bond donors (Lipinski definition) is 1. The average Bonchev–Trinajstić information content (AvgIpc) is 2.37. The highest BCUT2D eigenvalue weighted by Crippen LogP contribution is 2.33. The monoisotopic (exact) mass is 296 g/mol. The Hall–Kier alpha value is -1.32. The van der Waals surface area contributed by atoms with E-state index in [-0.39, 0.29) is 5.56 Å². The van der Waals surface area contributed by atoms with Gasteiger partial charge in [-0.25, -0.2) is 4.98 Å².